The van der Waals surface area contributed by atoms with Crippen molar-refractivity contribution in [2.24, 2.45) is 10.2 Å². The number of carbonyl (C=O) groups excluding carboxylic acids is 2. The van der Waals surface area contributed by atoms with Crippen molar-refractivity contribution < 1.29 is 71.7 Å². The zero-order valence-electron chi connectivity index (χ0n) is 28.5. The second-order valence-electron chi connectivity index (χ2n) is 11.8. The quantitative estimate of drug-likeness (QED) is 0.0360. The molecular formula is C30H18Cl3N7O16S4. The molecule has 23 nitrogen and oxygen atoms in total. The van der Waals surface area contributed by atoms with E-state index in [9.17, 15) is 71.7 Å². The van der Waals surface area contributed by atoms with Crippen molar-refractivity contribution in [3.8, 4) is 11.5 Å². The first-order chi connectivity index (χ1) is 27.7. The SMILES string of the molecule is O=C1C=Cc2c(O)c(NNc3cc(S(=O)(=O)O)cc(Nc4nc(Cl)nc(Cl)c4Cl)c3O)cc(S(=O)(=O)O)c2C1=NN=C1C=C(S(=O)(=O)O)c2cc(S(=O)(=O)O)ccc2C1=O. The number of aromatic nitrogens is 2. The Bertz CT molecular complexity index is 3230. The van der Waals surface area contributed by atoms with Gasteiger partial charge in [-0.15, -0.1) is 10.2 Å². The Balaban J connectivity index is 1.44. The zero-order valence-corrected chi connectivity index (χ0v) is 34.1. The Kier molecular flexibility index (Phi) is 11.3. The van der Waals surface area contributed by atoms with Crippen molar-refractivity contribution in [3.05, 3.63) is 86.3 Å². The summed E-state index contributed by atoms with van der Waals surface area (Å²) in [5.74, 6) is -4.42. The second-order valence-corrected chi connectivity index (χ2v) is 18.5. The number of anilines is 4. The number of ketones is 2. The van der Waals surface area contributed by atoms with Crippen molar-refractivity contribution >= 4 is 132 Å². The first kappa shape index (κ1) is 44.0. The number of benzene rings is 3. The molecule has 0 spiro atoms. The van der Waals surface area contributed by atoms with Crippen LogP contribution in [0.15, 0.2) is 73.4 Å². The molecule has 60 heavy (non-hydrogen) atoms. The van der Waals surface area contributed by atoms with Gasteiger partial charge in [-0.3, -0.25) is 38.7 Å². The largest absolute Gasteiger partial charge is 0.505 e. The number of Topliss-reactive ketones (excluding diaryl/α,β-unsaturated/α-hetero) is 1. The maximum atomic E-state index is 13.3. The summed E-state index contributed by atoms with van der Waals surface area (Å²) in [7, 11) is -20.7. The van der Waals surface area contributed by atoms with Crippen LogP contribution in [0.4, 0.5) is 22.9 Å². The molecule has 0 unspecified atom stereocenters. The van der Waals surface area contributed by atoms with Crippen LogP contribution in [-0.2, 0) is 45.3 Å². The van der Waals surface area contributed by atoms with E-state index in [1.165, 1.54) is 0 Å². The maximum Gasteiger partial charge on any atom is 0.295 e. The normalized spacial score (nSPS) is 15.8. The third-order valence-corrected chi connectivity index (χ3v) is 12.4. The van der Waals surface area contributed by atoms with E-state index in [2.05, 4.69) is 36.3 Å². The van der Waals surface area contributed by atoms with E-state index in [0.29, 0.717) is 24.3 Å². The third kappa shape index (κ3) is 8.67. The van der Waals surface area contributed by atoms with Crippen molar-refractivity contribution in [1.82, 2.24) is 9.97 Å². The average Bonchev–Trinajstić information content (AvgIpc) is 3.12. The van der Waals surface area contributed by atoms with Crippen molar-refractivity contribution in [2.75, 3.05) is 16.2 Å². The molecule has 6 rings (SSSR count). The highest BCUT2D eigenvalue weighted by Crippen LogP contribution is 2.42. The Morgan fingerprint density at radius 2 is 1.27 bits per heavy atom. The van der Waals surface area contributed by atoms with Gasteiger partial charge in [0.2, 0.25) is 16.9 Å². The molecule has 0 atom stereocenters. The first-order valence-electron chi connectivity index (χ1n) is 15.3. The summed E-state index contributed by atoms with van der Waals surface area (Å²) < 4.78 is 137. The van der Waals surface area contributed by atoms with Crippen LogP contribution < -0.4 is 16.2 Å². The van der Waals surface area contributed by atoms with Gasteiger partial charge in [0.15, 0.2) is 16.7 Å². The van der Waals surface area contributed by atoms with Crippen molar-refractivity contribution in [1.29, 1.82) is 0 Å². The molecule has 0 radical (unpaired) electrons. The number of nitrogens with one attached hydrogen (secondary N) is 3. The van der Waals surface area contributed by atoms with Gasteiger partial charge in [0.05, 0.1) is 26.9 Å². The van der Waals surface area contributed by atoms with Crippen molar-refractivity contribution in [3.63, 3.8) is 0 Å². The molecule has 1 aromatic heterocycles. The number of hydrogen-bond donors (Lipinski definition) is 9. The van der Waals surface area contributed by atoms with Gasteiger partial charge in [0.1, 0.15) is 32.0 Å². The first-order valence-corrected chi connectivity index (χ1v) is 22.2. The fourth-order valence-electron chi connectivity index (χ4n) is 5.40. The lowest BCUT2D eigenvalue weighted by atomic mass is 9.93. The molecule has 0 bridgehead atoms. The minimum absolute atomic E-state index is 0.338. The molecule has 0 fully saturated rings. The minimum Gasteiger partial charge on any atom is -0.505 e. The Morgan fingerprint density at radius 3 is 1.87 bits per heavy atom. The predicted molar refractivity (Wildman–Crippen MR) is 212 cm³/mol. The Labute approximate surface area is 350 Å². The third-order valence-electron chi connectivity index (χ3n) is 8.04. The molecule has 1 heterocycles. The highest BCUT2D eigenvalue weighted by atomic mass is 35.5. The average molecular weight is 967 g/mol. The molecular weight excluding hydrogens is 949 g/mol. The summed E-state index contributed by atoms with van der Waals surface area (Å²) in [5, 5.41) is 30.8. The topological polar surface area (TPSA) is 379 Å². The lowest BCUT2D eigenvalue weighted by Crippen LogP contribution is -2.24. The van der Waals surface area contributed by atoms with Gasteiger partial charge in [0, 0.05) is 22.3 Å². The highest BCUT2D eigenvalue weighted by Gasteiger charge is 2.34. The number of carbonyl (C=O) groups is 2. The van der Waals surface area contributed by atoms with Crippen LogP contribution in [0.5, 0.6) is 11.5 Å². The van der Waals surface area contributed by atoms with Gasteiger partial charge in [0.25, 0.3) is 40.5 Å². The van der Waals surface area contributed by atoms with E-state index >= 15 is 0 Å². The number of allylic oxidation sites excluding steroid dienone is 2. The molecule has 0 saturated heterocycles. The van der Waals surface area contributed by atoms with E-state index in [-0.39, 0.29) is 16.0 Å². The highest BCUT2D eigenvalue weighted by molar-refractivity contribution is 7.95. The van der Waals surface area contributed by atoms with Crippen LogP contribution in [0.25, 0.3) is 11.0 Å². The smallest absolute Gasteiger partial charge is 0.295 e. The number of hydrazine groups is 1. The van der Waals surface area contributed by atoms with E-state index in [1.54, 1.807) is 0 Å². The van der Waals surface area contributed by atoms with Gasteiger partial charge in [-0.2, -0.15) is 38.7 Å². The summed E-state index contributed by atoms with van der Waals surface area (Å²) >= 11 is 17.8. The molecule has 2 aliphatic rings. The van der Waals surface area contributed by atoms with E-state index in [4.69, 9.17) is 34.8 Å². The fourth-order valence-corrected chi connectivity index (χ4v) is 8.40. The van der Waals surface area contributed by atoms with Crippen LogP contribution in [0, 0.1) is 0 Å². The molecule has 0 amide bonds. The number of rotatable bonds is 10. The maximum absolute atomic E-state index is 13.3. The number of fused-ring (bicyclic) bond motifs is 2. The fraction of sp³-hybridized carbons (Fsp3) is 0. The molecule has 314 valence electrons. The molecule has 0 saturated carbocycles. The number of phenols is 2. The monoisotopic (exact) mass is 965 g/mol. The van der Waals surface area contributed by atoms with Crippen molar-refractivity contribution in [2.45, 2.75) is 14.7 Å². The van der Waals surface area contributed by atoms with E-state index < -0.39 is 139 Å². The molecule has 30 heteroatoms. The number of aromatic hydroxyl groups is 2. The molecule has 0 aliphatic heterocycles. The number of nitrogens with zero attached hydrogens (tertiary/aromatic N) is 4. The van der Waals surface area contributed by atoms with Crippen LogP contribution in [-0.4, -0.2) is 95.1 Å². The van der Waals surface area contributed by atoms with Gasteiger partial charge in [-0.1, -0.05) is 23.2 Å². The predicted octanol–water partition coefficient (Wildman–Crippen LogP) is 3.64. The summed E-state index contributed by atoms with van der Waals surface area (Å²) in [5.41, 5.74) is -1.72. The van der Waals surface area contributed by atoms with Crippen LogP contribution in [0.1, 0.15) is 27.0 Å². The van der Waals surface area contributed by atoms with Crippen LogP contribution in [0.3, 0.4) is 0 Å². The molecule has 4 aromatic rings. The van der Waals surface area contributed by atoms with Crippen LogP contribution >= 0.6 is 34.8 Å². The standard InChI is InChI=1S/C30H18Cl3N7O16S4/c31-23-28(32)35-30(33)36-29(23)34-15-6-11(58(48,49)50)7-16(27(15)44)37-38-18-9-21(60(54,55)56)22-13(26(18)43)3-4-19(41)24(22)40-39-17-8-20(59(51,52)53)14-5-10(57(45,46)47)1-2-12(14)25(17)42/h1-9,37-38,43-44H,(H,34,35,36)(H,45,46,47)(H,48,49,50)(H,51,52,53)(H,54,55,56). The van der Waals surface area contributed by atoms with Gasteiger partial charge < -0.3 is 15.5 Å². The Morgan fingerprint density at radius 1 is 0.650 bits per heavy atom. The lowest BCUT2D eigenvalue weighted by Gasteiger charge is -2.21. The van der Waals surface area contributed by atoms with Gasteiger partial charge in [-0.05, 0) is 66.2 Å². The summed E-state index contributed by atoms with van der Waals surface area (Å²) in [4.78, 5) is 29.8. The summed E-state index contributed by atoms with van der Waals surface area (Å²) in [6.07, 6.45) is 2.03. The van der Waals surface area contributed by atoms with E-state index in [0.717, 1.165) is 30.4 Å². The minimum atomic E-state index is -5.42. The van der Waals surface area contributed by atoms with Crippen LogP contribution in [0.2, 0.25) is 15.5 Å². The van der Waals surface area contributed by atoms with E-state index in [1.807, 2.05) is 0 Å². The zero-order chi connectivity index (χ0) is 44.4. The summed E-state index contributed by atoms with van der Waals surface area (Å²) in [6, 6.07) is 4.01. The second kappa shape index (κ2) is 15.5. The molecule has 9 N–H and O–H groups in total. The number of hydrogen-bond acceptors (Lipinski definition) is 19. The summed E-state index contributed by atoms with van der Waals surface area (Å²) in [6.45, 7) is 0. The Hall–Kier alpha value is -5.59. The molecule has 3 aromatic carbocycles. The molecule has 2 aliphatic carbocycles. The number of phenolic OH excluding ortho intramolecular Hbond substituents is 2. The number of halogens is 3. The van der Waals surface area contributed by atoms with Gasteiger partial charge >= 0.3 is 0 Å². The lowest BCUT2D eigenvalue weighted by molar-refractivity contribution is -0.108. The van der Waals surface area contributed by atoms with Gasteiger partial charge in [-0.25, -0.2) is 4.98 Å².